The summed E-state index contributed by atoms with van der Waals surface area (Å²) in [5, 5.41) is 10.0. The molecular formula is C49H29N3. The van der Waals surface area contributed by atoms with E-state index in [9.17, 15) is 0 Å². The van der Waals surface area contributed by atoms with Crippen LogP contribution < -0.4 is 0 Å². The van der Waals surface area contributed by atoms with Crippen LogP contribution in [-0.4, -0.2) is 14.1 Å². The van der Waals surface area contributed by atoms with Crippen molar-refractivity contribution >= 4 is 65.2 Å². The molecule has 1 aliphatic rings. The zero-order valence-electron chi connectivity index (χ0n) is 28.1. The van der Waals surface area contributed by atoms with Crippen LogP contribution in [0.1, 0.15) is 0 Å². The van der Waals surface area contributed by atoms with Gasteiger partial charge in [0.1, 0.15) is 0 Å². The highest BCUT2D eigenvalue weighted by Crippen LogP contribution is 2.48. The van der Waals surface area contributed by atoms with Gasteiger partial charge in [0.05, 0.1) is 22.1 Å². The number of pyridine rings is 1. The van der Waals surface area contributed by atoms with Crippen LogP contribution in [-0.2, 0) is 0 Å². The third-order valence-electron chi connectivity index (χ3n) is 11.3. The molecule has 3 heterocycles. The quantitative estimate of drug-likeness (QED) is 0.185. The molecule has 1 aliphatic carbocycles. The standard InChI is InChI=1S/C49H29N3/c1-2-11-34(12-3-1)52-47-24-19-32(26-43(47)40-21-17-30-9-4-5-13-36(30)49(40)52)31-18-23-46-42(25-31)38-14-6-7-16-45(38)51(46)35-20-22-37-39-15-8-10-33-28-50-29-44(48(33)39)41(37)27-35/h1-29H. The number of hydrogen-bond donors (Lipinski definition) is 0. The van der Waals surface area contributed by atoms with Gasteiger partial charge in [0.2, 0.25) is 0 Å². The van der Waals surface area contributed by atoms with E-state index in [4.69, 9.17) is 0 Å². The first-order valence-electron chi connectivity index (χ1n) is 17.9. The van der Waals surface area contributed by atoms with Gasteiger partial charge in [-0.25, -0.2) is 0 Å². The van der Waals surface area contributed by atoms with E-state index in [0.717, 1.165) is 5.69 Å². The first kappa shape index (κ1) is 27.8. The molecule has 11 aromatic rings. The molecule has 0 saturated carbocycles. The molecule has 0 aliphatic heterocycles. The number of benzene rings is 8. The average molecular weight is 660 g/mol. The van der Waals surface area contributed by atoms with Crippen LogP contribution in [0.3, 0.4) is 0 Å². The third-order valence-corrected chi connectivity index (χ3v) is 11.3. The highest BCUT2D eigenvalue weighted by atomic mass is 15.0. The third kappa shape index (κ3) is 3.72. The van der Waals surface area contributed by atoms with Crippen LogP contribution in [0.15, 0.2) is 176 Å². The van der Waals surface area contributed by atoms with Crippen LogP contribution in [0.25, 0.3) is 110 Å². The van der Waals surface area contributed by atoms with E-state index in [1.54, 1.807) is 0 Å². The first-order chi connectivity index (χ1) is 25.8. The Balaban J connectivity index is 1.06. The summed E-state index contributed by atoms with van der Waals surface area (Å²) in [5.74, 6) is 0. The largest absolute Gasteiger partial charge is 0.309 e. The summed E-state index contributed by atoms with van der Waals surface area (Å²) in [6.07, 6.45) is 4.00. The number of nitrogens with zero attached hydrogens (tertiary/aromatic N) is 3. The van der Waals surface area contributed by atoms with Gasteiger partial charge in [0.25, 0.3) is 0 Å². The lowest BCUT2D eigenvalue weighted by Gasteiger charge is -2.11. The van der Waals surface area contributed by atoms with Crippen molar-refractivity contribution in [3.05, 3.63) is 176 Å². The Morgan fingerprint density at radius 2 is 1.06 bits per heavy atom. The summed E-state index contributed by atoms with van der Waals surface area (Å²) in [4.78, 5) is 4.60. The van der Waals surface area contributed by atoms with Gasteiger partial charge in [-0.05, 0) is 87.8 Å². The van der Waals surface area contributed by atoms with Crippen molar-refractivity contribution in [1.29, 1.82) is 0 Å². The Bertz CT molecular complexity index is 3280. The van der Waals surface area contributed by atoms with E-state index >= 15 is 0 Å². The molecule has 240 valence electrons. The number of para-hydroxylation sites is 2. The maximum atomic E-state index is 4.60. The molecule has 0 radical (unpaired) electrons. The van der Waals surface area contributed by atoms with Crippen LogP contribution in [0.5, 0.6) is 0 Å². The van der Waals surface area contributed by atoms with Crippen LogP contribution in [0.2, 0.25) is 0 Å². The molecule has 0 bridgehead atoms. The molecule has 12 rings (SSSR count). The van der Waals surface area contributed by atoms with Crippen molar-refractivity contribution in [2.45, 2.75) is 0 Å². The molecule has 0 saturated heterocycles. The number of hydrogen-bond acceptors (Lipinski definition) is 1. The van der Waals surface area contributed by atoms with Gasteiger partial charge in [0, 0.05) is 67.0 Å². The average Bonchev–Trinajstić information content (AvgIpc) is 3.84. The molecule has 0 amide bonds. The number of fused-ring (bicyclic) bond motifs is 11. The molecule has 3 heteroatoms. The smallest absolute Gasteiger partial charge is 0.0619 e. The van der Waals surface area contributed by atoms with Gasteiger partial charge in [-0.1, -0.05) is 109 Å². The van der Waals surface area contributed by atoms with E-state index in [1.807, 2.05) is 12.4 Å². The van der Waals surface area contributed by atoms with Gasteiger partial charge >= 0.3 is 0 Å². The van der Waals surface area contributed by atoms with Gasteiger partial charge in [-0.15, -0.1) is 0 Å². The van der Waals surface area contributed by atoms with Crippen molar-refractivity contribution in [2.24, 2.45) is 0 Å². The van der Waals surface area contributed by atoms with Crippen molar-refractivity contribution in [3.63, 3.8) is 0 Å². The second-order valence-corrected chi connectivity index (χ2v) is 14.0. The van der Waals surface area contributed by atoms with Gasteiger partial charge in [-0.2, -0.15) is 0 Å². The summed E-state index contributed by atoms with van der Waals surface area (Å²) in [6, 6.07) is 60.2. The van der Waals surface area contributed by atoms with E-state index < -0.39 is 0 Å². The van der Waals surface area contributed by atoms with Gasteiger partial charge in [-0.3, -0.25) is 4.98 Å². The molecule has 0 fully saturated rings. The van der Waals surface area contributed by atoms with E-state index in [-0.39, 0.29) is 0 Å². The minimum Gasteiger partial charge on any atom is -0.309 e. The van der Waals surface area contributed by atoms with E-state index in [2.05, 4.69) is 178 Å². The Morgan fingerprint density at radius 1 is 0.346 bits per heavy atom. The van der Waals surface area contributed by atoms with Crippen LogP contribution >= 0.6 is 0 Å². The lowest BCUT2D eigenvalue weighted by Crippen LogP contribution is -1.94. The lowest BCUT2D eigenvalue weighted by molar-refractivity contribution is 1.18. The summed E-state index contributed by atoms with van der Waals surface area (Å²) in [5.41, 5.74) is 14.6. The topological polar surface area (TPSA) is 22.8 Å². The number of aromatic nitrogens is 3. The van der Waals surface area contributed by atoms with Gasteiger partial charge in [0.15, 0.2) is 0 Å². The lowest BCUT2D eigenvalue weighted by atomic mass is 10.00. The fourth-order valence-corrected chi connectivity index (χ4v) is 9.03. The molecule has 3 nitrogen and oxygen atoms in total. The zero-order valence-corrected chi connectivity index (χ0v) is 28.1. The highest BCUT2D eigenvalue weighted by molar-refractivity contribution is 6.20. The van der Waals surface area contributed by atoms with E-state index in [1.165, 1.54) is 104 Å². The van der Waals surface area contributed by atoms with Crippen molar-refractivity contribution in [3.8, 4) is 44.8 Å². The number of rotatable bonds is 3. The Labute approximate surface area is 299 Å². The van der Waals surface area contributed by atoms with Gasteiger partial charge < -0.3 is 9.13 Å². The Morgan fingerprint density at radius 3 is 1.92 bits per heavy atom. The van der Waals surface area contributed by atoms with Crippen LogP contribution in [0.4, 0.5) is 0 Å². The molecule has 0 N–H and O–H groups in total. The molecular weight excluding hydrogens is 631 g/mol. The minimum atomic E-state index is 1.16. The summed E-state index contributed by atoms with van der Waals surface area (Å²) in [6.45, 7) is 0. The normalized spacial score (nSPS) is 12.2. The summed E-state index contributed by atoms with van der Waals surface area (Å²) >= 11 is 0. The van der Waals surface area contributed by atoms with Crippen molar-refractivity contribution < 1.29 is 0 Å². The fourth-order valence-electron chi connectivity index (χ4n) is 9.03. The predicted molar refractivity (Wildman–Crippen MR) is 218 cm³/mol. The molecule has 3 aromatic heterocycles. The zero-order chi connectivity index (χ0) is 33.9. The SMILES string of the molecule is c1ccc(-n2c3ccc(-c4ccc5c(c4)c4ccccc4n5-c4ccc5c(c4)-c4cncc6cccc-5c46)cc3c3ccc4ccccc4c32)cc1. The second-order valence-electron chi connectivity index (χ2n) is 14.0. The molecule has 0 atom stereocenters. The summed E-state index contributed by atoms with van der Waals surface area (Å²) < 4.78 is 4.85. The highest BCUT2D eigenvalue weighted by Gasteiger charge is 2.23. The Hall–Kier alpha value is -6.97. The molecule has 0 spiro atoms. The van der Waals surface area contributed by atoms with Crippen LogP contribution in [0, 0.1) is 0 Å². The van der Waals surface area contributed by atoms with Crippen molar-refractivity contribution in [2.75, 3.05) is 0 Å². The fraction of sp³-hybridized carbons (Fsp3) is 0. The van der Waals surface area contributed by atoms with Crippen molar-refractivity contribution in [1.82, 2.24) is 14.1 Å². The van der Waals surface area contributed by atoms with E-state index in [0.29, 0.717) is 0 Å². The predicted octanol–water partition coefficient (Wildman–Crippen LogP) is 12.9. The molecule has 8 aromatic carbocycles. The second kappa shape index (κ2) is 10.3. The minimum absolute atomic E-state index is 1.16. The molecule has 0 unspecified atom stereocenters. The maximum absolute atomic E-state index is 4.60. The monoisotopic (exact) mass is 659 g/mol. The maximum Gasteiger partial charge on any atom is 0.0619 e. The Kier molecular flexibility index (Phi) is 5.50. The summed E-state index contributed by atoms with van der Waals surface area (Å²) in [7, 11) is 0. The molecule has 52 heavy (non-hydrogen) atoms. The first-order valence-corrected chi connectivity index (χ1v) is 17.9.